The van der Waals surface area contributed by atoms with Gasteiger partial charge in [0, 0.05) is 37.1 Å². The quantitative estimate of drug-likeness (QED) is 0.798. The van der Waals surface area contributed by atoms with Crippen LogP contribution in [0, 0.1) is 0 Å². The van der Waals surface area contributed by atoms with Crippen molar-refractivity contribution in [2.45, 2.75) is 38.5 Å². The third-order valence-corrected chi connectivity index (χ3v) is 3.88. The molecule has 1 fully saturated rings. The Morgan fingerprint density at radius 3 is 2.67 bits per heavy atom. The number of nitrogens with zero attached hydrogens (tertiary/aromatic N) is 3. The predicted molar refractivity (Wildman–Crippen MR) is 75.6 cm³/mol. The van der Waals surface area contributed by atoms with E-state index in [1.54, 1.807) is 0 Å². The van der Waals surface area contributed by atoms with Crippen LogP contribution in [0.4, 0.5) is 5.82 Å². The first-order valence-electron chi connectivity index (χ1n) is 7.19. The number of anilines is 1. The zero-order valence-corrected chi connectivity index (χ0v) is 10.9. The lowest BCUT2D eigenvalue weighted by molar-refractivity contribution is 0.573. The molecular weight excluding hydrogens is 222 g/mol. The van der Waals surface area contributed by atoms with E-state index in [4.69, 9.17) is 4.99 Å². The summed E-state index contributed by atoms with van der Waals surface area (Å²) in [5.41, 5.74) is 2.55. The maximum atomic E-state index is 4.71. The first-order valence-corrected chi connectivity index (χ1v) is 7.19. The normalized spacial score (nSPS) is 20.7. The van der Waals surface area contributed by atoms with Crippen LogP contribution in [-0.2, 0) is 0 Å². The Kier molecular flexibility index (Phi) is 3.58. The minimum absolute atomic E-state index is 0.990. The molecule has 0 saturated carbocycles. The molecule has 3 heterocycles. The van der Waals surface area contributed by atoms with Crippen LogP contribution in [0.3, 0.4) is 0 Å². The van der Waals surface area contributed by atoms with Crippen LogP contribution in [0.5, 0.6) is 0 Å². The van der Waals surface area contributed by atoms with Crippen molar-refractivity contribution < 1.29 is 0 Å². The van der Waals surface area contributed by atoms with Gasteiger partial charge in [0.1, 0.15) is 5.82 Å². The van der Waals surface area contributed by atoms with Crippen molar-refractivity contribution in [2.24, 2.45) is 4.99 Å². The summed E-state index contributed by atoms with van der Waals surface area (Å²) in [6.07, 6.45) is 9.49. The Balaban J connectivity index is 1.91. The first kappa shape index (κ1) is 11.7. The maximum absolute atomic E-state index is 4.71. The highest BCUT2D eigenvalue weighted by Crippen LogP contribution is 2.24. The van der Waals surface area contributed by atoms with Gasteiger partial charge in [-0.25, -0.2) is 4.98 Å². The first-order chi connectivity index (χ1) is 8.95. The molecular formula is C15H21N3. The molecule has 0 unspecified atom stereocenters. The SMILES string of the molecule is c1cnc(N2CCCCC2)c(C2=NCCCC2)c1. The molecule has 0 N–H and O–H groups in total. The minimum Gasteiger partial charge on any atom is -0.356 e. The van der Waals surface area contributed by atoms with Crippen LogP contribution in [0.1, 0.15) is 44.1 Å². The fraction of sp³-hybridized carbons (Fsp3) is 0.600. The molecule has 1 aromatic heterocycles. The number of pyridine rings is 1. The molecule has 96 valence electrons. The second kappa shape index (κ2) is 5.51. The zero-order chi connectivity index (χ0) is 12.2. The molecule has 0 atom stereocenters. The Labute approximate surface area is 109 Å². The van der Waals surface area contributed by atoms with E-state index in [-0.39, 0.29) is 0 Å². The van der Waals surface area contributed by atoms with Gasteiger partial charge in [-0.15, -0.1) is 0 Å². The second-order valence-corrected chi connectivity index (χ2v) is 5.21. The predicted octanol–water partition coefficient (Wildman–Crippen LogP) is 3.04. The summed E-state index contributed by atoms with van der Waals surface area (Å²) < 4.78 is 0. The molecule has 0 bridgehead atoms. The molecule has 0 aliphatic carbocycles. The van der Waals surface area contributed by atoms with Gasteiger partial charge in [-0.3, -0.25) is 4.99 Å². The van der Waals surface area contributed by atoms with Gasteiger partial charge in [0.05, 0.1) is 0 Å². The number of hydrogen-bond donors (Lipinski definition) is 0. The van der Waals surface area contributed by atoms with Crippen LogP contribution in [0.2, 0.25) is 0 Å². The number of piperidine rings is 1. The molecule has 1 saturated heterocycles. The van der Waals surface area contributed by atoms with Gasteiger partial charge < -0.3 is 4.90 Å². The molecule has 3 heteroatoms. The summed E-state index contributed by atoms with van der Waals surface area (Å²) in [6, 6.07) is 4.24. The largest absolute Gasteiger partial charge is 0.356 e. The summed E-state index contributed by atoms with van der Waals surface area (Å²) in [7, 11) is 0. The van der Waals surface area contributed by atoms with Gasteiger partial charge in [-0.2, -0.15) is 0 Å². The van der Waals surface area contributed by atoms with Crippen LogP contribution in [0.25, 0.3) is 0 Å². The van der Waals surface area contributed by atoms with E-state index in [2.05, 4.69) is 16.0 Å². The monoisotopic (exact) mass is 243 g/mol. The number of rotatable bonds is 2. The van der Waals surface area contributed by atoms with Crippen molar-refractivity contribution in [1.82, 2.24) is 4.98 Å². The van der Waals surface area contributed by atoms with E-state index >= 15 is 0 Å². The third kappa shape index (κ3) is 2.40. The fourth-order valence-electron chi connectivity index (χ4n) is 2.90. The number of aliphatic imine (C=N–C) groups is 1. The Morgan fingerprint density at radius 1 is 1.00 bits per heavy atom. The van der Waals surface area contributed by atoms with E-state index in [0.29, 0.717) is 0 Å². The summed E-state index contributed by atoms with van der Waals surface area (Å²) in [5.74, 6) is 1.16. The molecule has 3 nitrogen and oxygen atoms in total. The third-order valence-electron chi connectivity index (χ3n) is 3.88. The van der Waals surface area contributed by atoms with Gasteiger partial charge in [0.15, 0.2) is 0 Å². The van der Waals surface area contributed by atoms with Crippen molar-refractivity contribution in [3.63, 3.8) is 0 Å². The van der Waals surface area contributed by atoms with Crippen molar-refractivity contribution in [3.8, 4) is 0 Å². The molecule has 0 spiro atoms. The maximum Gasteiger partial charge on any atom is 0.137 e. The lowest BCUT2D eigenvalue weighted by Crippen LogP contribution is -2.31. The molecule has 2 aliphatic heterocycles. The topological polar surface area (TPSA) is 28.5 Å². The second-order valence-electron chi connectivity index (χ2n) is 5.21. The minimum atomic E-state index is 0.990. The number of aromatic nitrogens is 1. The van der Waals surface area contributed by atoms with Gasteiger partial charge in [0.25, 0.3) is 0 Å². The standard InChI is InChI=1S/C15H21N3/c1-4-11-18(12-5-1)15-13(7-6-10-17-15)14-8-2-3-9-16-14/h6-7,10H,1-5,8-9,11-12H2. The smallest absolute Gasteiger partial charge is 0.137 e. The van der Waals surface area contributed by atoms with Crippen LogP contribution in [-0.4, -0.2) is 30.3 Å². The highest BCUT2D eigenvalue weighted by atomic mass is 15.2. The van der Waals surface area contributed by atoms with E-state index in [0.717, 1.165) is 31.9 Å². The fourth-order valence-corrected chi connectivity index (χ4v) is 2.90. The Morgan fingerprint density at radius 2 is 1.89 bits per heavy atom. The molecule has 1 aromatic rings. The van der Waals surface area contributed by atoms with Crippen LogP contribution >= 0.6 is 0 Å². The molecule has 0 radical (unpaired) electrons. The Bertz CT molecular complexity index is 433. The van der Waals surface area contributed by atoms with Crippen LogP contribution in [0.15, 0.2) is 23.3 Å². The van der Waals surface area contributed by atoms with E-state index < -0.39 is 0 Å². The van der Waals surface area contributed by atoms with E-state index in [1.807, 2.05) is 12.3 Å². The summed E-state index contributed by atoms with van der Waals surface area (Å²) in [4.78, 5) is 11.8. The molecule has 0 aromatic carbocycles. The highest BCUT2D eigenvalue weighted by Gasteiger charge is 2.19. The lowest BCUT2D eigenvalue weighted by Gasteiger charge is -2.30. The molecule has 0 amide bonds. The van der Waals surface area contributed by atoms with Crippen molar-refractivity contribution >= 4 is 11.5 Å². The van der Waals surface area contributed by atoms with Gasteiger partial charge >= 0.3 is 0 Å². The Hall–Kier alpha value is -1.38. The van der Waals surface area contributed by atoms with Gasteiger partial charge in [-0.1, -0.05) is 0 Å². The van der Waals surface area contributed by atoms with Gasteiger partial charge in [-0.05, 0) is 50.7 Å². The molecule has 3 rings (SSSR count). The van der Waals surface area contributed by atoms with Crippen molar-refractivity contribution in [3.05, 3.63) is 23.9 Å². The van der Waals surface area contributed by atoms with E-state index in [9.17, 15) is 0 Å². The lowest BCUT2D eigenvalue weighted by atomic mass is 10.0. The molecule has 2 aliphatic rings. The van der Waals surface area contributed by atoms with Crippen molar-refractivity contribution in [2.75, 3.05) is 24.5 Å². The zero-order valence-electron chi connectivity index (χ0n) is 10.9. The average Bonchev–Trinajstić information content (AvgIpc) is 2.49. The average molecular weight is 243 g/mol. The van der Waals surface area contributed by atoms with E-state index in [1.165, 1.54) is 43.4 Å². The van der Waals surface area contributed by atoms with Crippen LogP contribution < -0.4 is 4.90 Å². The van der Waals surface area contributed by atoms with Gasteiger partial charge in [0.2, 0.25) is 0 Å². The molecule has 18 heavy (non-hydrogen) atoms. The summed E-state index contributed by atoms with van der Waals surface area (Å²) in [5, 5.41) is 0. The summed E-state index contributed by atoms with van der Waals surface area (Å²) in [6.45, 7) is 3.29. The number of hydrogen-bond acceptors (Lipinski definition) is 3. The highest BCUT2D eigenvalue weighted by molar-refractivity contribution is 6.04. The van der Waals surface area contributed by atoms with Crippen molar-refractivity contribution in [1.29, 1.82) is 0 Å². The summed E-state index contributed by atoms with van der Waals surface area (Å²) >= 11 is 0.